The molecular formula is C26H33N5O2. The van der Waals surface area contributed by atoms with E-state index in [9.17, 15) is 9.59 Å². The molecule has 1 aliphatic rings. The quantitative estimate of drug-likeness (QED) is 0.464. The molecule has 174 valence electrons. The summed E-state index contributed by atoms with van der Waals surface area (Å²) in [6, 6.07) is 16.5. The molecule has 33 heavy (non-hydrogen) atoms. The molecule has 1 unspecified atom stereocenters. The number of carbonyl (C=O) groups is 2. The summed E-state index contributed by atoms with van der Waals surface area (Å²) < 4.78 is 0. The number of aromatic nitrogens is 1. The highest BCUT2D eigenvalue weighted by Gasteiger charge is 2.25. The summed E-state index contributed by atoms with van der Waals surface area (Å²) in [5.74, 6) is -1.17. The van der Waals surface area contributed by atoms with Crippen LogP contribution >= 0.6 is 0 Å². The minimum absolute atomic E-state index is 0.0617. The van der Waals surface area contributed by atoms with Crippen LogP contribution in [0.25, 0.3) is 10.9 Å². The second-order valence-electron chi connectivity index (χ2n) is 8.82. The standard InChI is InChI=1S/C26H33N5O2/c1-30(2)21-11-9-19(10-12-21)24(31-15-5-6-16-31)18-29-26(33)25(32)27-14-13-20-17-28-23-8-4-3-7-22(20)23/h3-4,7-12,17,24,28H,5-6,13-16,18H2,1-2H3,(H,27,32)(H,29,33). The van der Waals surface area contributed by atoms with Gasteiger partial charge in [0, 0.05) is 50.0 Å². The third-order valence-electron chi connectivity index (χ3n) is 6.39. The van der Waals surface area contributed by atoms with Gasteiger partial charge in [-0.2, -0.15) is 0 Å². The summed E-state index contributed by atoms with van der Waals surface area (Å²) in [6.45, 7) is 2.84. The molecule has 3 aromatic rings. The van der Waals surface area contributed by atoms with Gasteiger partial charge >= 0.3 is 11.8 Å². The van der Waals surface area contributed by atoms with Crippen LogP contribution in [0.2, 0.25) is 0 Å². The van der Waals surface area contributed by atoms with E-state index in [-0.39, 0.29) is 6.04 Å². The number of anilines is 1. The van der Waals surface area contributed by atoms with Crippen molar-refractivity contribution < 1.29 is 9.59 Å². The van der Waals surface area contributed by atoms with Crippen LogP contribution in [0.15, 0.2) is 54.7 Å². The van der Waals surface area contributed by atoms with Gasteiger partial charge < -0.3 is 20.5 Å². The lowest BCUT2D eigenvalue weighted by molar-refractivity contribution is -0.139. The monoisotopic (exact) mass is 447 g/mol. The van der Waals surface area contributed by atoms with Crippen molar-refractivity contribution in [1.29, 1.82) is 0 Å². The van der Waals surface area contributed by atoms with E-state index in [1.54, 1.807) is 0 Å². The summed E-state index contributed by atoms with van der Waals surface area (Å²) >= 11 is 0. The van der Waals surface area contributed by atoms with E-state index in [1.165, 1.54) is 0 Å². The van der Waals surface area contributed by atoms with Crippen LogP contribution < -0.4 is 15.5 Å². The number of benzene rings is 2. The van der Waals surface area contributed by atoms with Crippen LogP contribution in [0.4, 0.5) is 5.69 Å². The molecule has 0 bridgehead atoms. The molecule has 0 radical (unpaired) electrons. The molecule has 2 aromatic carbocycles. The van der Waals surface area contributed by atoms with E-state index < -0.39 is 11.8 Å². The lowest BCUT2D eigenvalue weighted by Crippen LogP contribution is -2.44. The van der Waals surface area contributed by atoms with Crippen molar-refractivity contribution in [2.75, 3.05) is 45.2 Å². The number of nitrogens with one attached hydrogen (secondary N) is 3. The zero-order chi connectivity index (χ0) is 23.2. The Kier molecular flexibility index (Phi) is 7.29. The Morgan fingerprint density at radius 1 is 1.00 bits per heavy atom. The van der Waals surface area contributed by atoms with Gasteiger partial charge in [0.1, 0.15) is 0 Å². The topological polar surface area (TPSA) is 80.5 Å². The maximum absolute atomic E-state index is 12.5. The van der Waals surface area contributed by atoms with E-state index in [0.717, 1.165) is 53.6 Å². The van der Waals surface area contributed by atoms with Crippen molar-refractivity contribution in [2.45, 2.75) is 25.3 Å². The Morgan fingerprint density at radius 3 is 2.42 bits per heavy atom. The Hall–Kier alpha value is -3.32. The molecule has 7 nitrogen and oxygen atoms in total. The van der Waals surface area contributed by atoms with Crippen molar-refractivity contribution in [2.24, 2.45) is 0 Å². The van der Waals surface area contributed by atoms with Gasteiger partial charge in [0.2, 0.25) is 0 Å². The van der Waals surface area contributed by atoms with Crippen molar-refractivity contribution in [3.8, 4) is 0 Å². The first-order valence-electron chi connectivity index (χ1n) is 11.7. The van der Waals surface area contributed by atoms with E-state index >= 15 is 0 Å². The van der Waals surface area contributed by atoms with E-state index in [2.05, 4.69) is 55.7 Å². The number of amides is 2. The minimum atomic E-state index is -0.585. The van der Waals surface area contributed by atoms with E-state index in [0.29, 0.717) is 19.5 Å². The summed E-state index contributed by atoms with van der Waals surface area (Å²) in [6.07, 6.45) is 4.94. The molecule has 4 rings (SSSR count). The largest absolute Gasteiger partial charge is 0.378 e. The van der Waals surface area contributed by atoms with E-state index in [4.69, 9.17) is 0 Å². The smallest absolute Gasteiger partial charge is 0.309 e. The van der Waals surface area contributed by atoms with Crippen LogP contribution in [0.3, 0.4) is 0 Å². The Morgan fingerprint density at radius 2 is 1.70 bits per heavy atom. The van der Waals surface area contributed by atoms with Crippen molar-refractivity contribution >= 4 is 28.4 Å². The normalized spacial score (nSPS) is 14.8. The molecule has 2 amide bonds. The second kappa shape index (κ2) is 10.5. The lowest BCUT2D eigenvalue weighted by Gasteiger charge is -2.28. The predicted octanol–water partition coefficient (Wildman–Crippen LogP) is 2.85. The zero-order valence-corrected chi connectivity index (χ0v) is 19.4. The Balaban J connectivity index is 1.31. The average Bonchev–Trinajstić information content (AvgIpc) is 3.50. The molecule has 0 saturated carbocycles. The Labute approximate surface area is 195 Å². The van der Waals surface area contributed by atoms with Gasteiger partial charge in [-0.3, -0.25) is 14.5 Å². The van der Waals surface area contributed by atoms with Crippen LogP contribution in [0, 0.1) is 0 Å². The SMILES string of the molecule is CN(C)c1ccc(C(CNC(=O)C(=O)NCCc2c[nH]c3ccccc23)N2CCCC2)cc1. The average molecular weight is 448 g/mol. The van der Waals surface area contributed by atoms with Crippen LogP contribution in [-0.4, -0.2) is 62.0 Å². The van der Waals surface area contributed by atoms with Crippen molar-refractivity contribution in [3.63, 3.8) is 0 Å². The van der Waals surface area contributed by atoms with Crippen LogP contribution in [-0.2, 0) is 16.0 Å². The predicted molar refractivity (Wildman–Crippen MR) is 132 cm³/mol. The van der Waals surface area contributed by atoms with Gasteiger partial charge in [-0.05, 0) is 61.7 Å². The van der Waals surface area contributed by atoms with E-state index in [1.807, 2.05) is 38.5 Å². The van der Waals surface area contributed by atoms with Gasteiger partial charge in [0.25, 0.3) is 0 Å². The summed E-state index contributed by atoms with van der Waals surface area (Å²) in [4.78, 5) is 32.6. The third kappa shape index (κ3) is 5.54. The number of carbonyl (C=O) groups excluding carboxylic acids is 2. The first-order valence-corrected chi connectivity index (χ1v) is 11.7. The van der Waals surface area contributed by atoms with Gasteiger partial charge in [0.15, 0.2) is 0 Å². The van der Waals surface area contributed by atoms with Gasteiger partial charge in [-0.15, -0.1) is 0 Å². The molecular weight excluding hydrogens is 414 g/mol. The van der Waals surface area contributed by atoms with Crippen molar-refractivity contribution in [3.05, 3.63) is 65.9 Å². The third-order valence-corrected chi connectivity index (χ3v) is 6.39. The lowest BCUT2D eigenvalue weighted by atomic mass is 10.0. The fraction of sp³-hybridized carbons (Fsp3) is 0.385. The van der Waals surface area contributed by atoms with Crippen LogP contribution in [0.5, 0.6) is 0 Å². The number of hydrogen-bond acceptors (Lipinski definition) is 4. The maximum atomic E-state index is 12.5. The van der Waals surface area contributed by atoms with Gasteiger partial charge in [-0.1, -0.05) is 30.3 Å². The number of hydrogen-bond donors (Lipinski definition) is 3. The molecule has 2 heterocycles. The van der Waals surface area contributed by atoms with Gasteiger partial charge in [0.05, 0.1) is 6.04 Å². The molecule has 7 heteroatoms. The number of fused-ring (bicyclic) bond motifs is 1. The molecule has 1 aromatic heterocycles. The highest BCUT2D eigenvalue weighted by atomic mass is 16.2. The second-order valence-corrected chi connectivity index (χ2v) is 8.82. The highest BCUT2D eigenvalue weighted by molar-refractivity contribution is 6.35. The fourth-order valence-electron chi connectivity index (χ4n) is 4.50. The number of nitrogens with zero attached hydrogens (tertiary/aromatic N) is 2. The first kappa shape index (κ1) is 22.9. The van der Waals surface area contributed by atoms with Gasteiger partial charge in [-0.25, -0.2) is 0 Å². The number of likely N-dealkylation sites (tertiary alicyclic amines) is 1. The summed E-state index contributed by atoms with van der Waals surface area (Å²) in [5.41, 5.74) is 4.49. The maximum Gasteiger partial charge on any atom is 0.309 e. The number of aromatic amines is 1. The Bertz CT molecular complexity index is 1080. The molecule has 0 spiro atoms. The number of H-pyrrole nitrogens is 1. The molecule has 1 aliphatic heterocycles. The highest BCUT2D eigenvalue weighted by Crippen LogP contribution is 2.26. The zero-order valence-electron chi connectivity index (χ0n) is 19.4. The summed E-state index contributed by atoms with van der Waals surface area (Å²) in [7, 11) is 4.04. The first-order chi connectivity index (χ1) is 16.0. The fourth-order valence-corrected chi connectivity index (χ4v) is 4.50. The molecule has 0 aliphatic carbocycles. The molecule has 3 N–H and O–H groups in total. The summed E-state index contributed by atoms with van der Waals surface area (Å²) in [5, 5.41) is 6.76. The van der Waals surface area contributed by atoms with Crippen molar-refractivity contribution in [1.82, 2.24) is 20.5 Å². The van der Waals surface area contributed by atoms with Crippen LogP contribution in [0.1, 0.15) is 30.0 Å². The number of rotatable bonds is 8. The molecule has 1 fully saturated rings. The number of para-hydroxylation sites is 1. The molecule has 1 saturated heterocycles. The minimum Gasteiger partial charge on any atom is -0.378 e. The molecule has 1 atom stereocenters.